The third-order valence-corrected chi connectivity index (χ3v) is 4.93. The molecule has 1 saturated carbocycles. The second-order valence-corrected chi connectivity index (χ2v) is 6.69. The lowest BCUT2D eigenvalue weighted by molar-refractivity contribution is 0.300. The topological polar surface area (TPSA) is 87.4 Å². The number of aryl methyl sites for hydroxylation is 2. The first kappa shape index (κ1) is 16.0. The first-order valence-corrected chi connectivity index (χ1v) is 8.89. The van der Waals surface area contributed by atoms with E-state index in [1.807, 2.05) is 21.6 Å². The van der Waals surface area contributed by atoms with E-state index in [-0.39, 0.29) is 0 Å². The molecule has 2 N–H and O–H groups in total. The van der Waals surface area contributed by atoms with Gasteiger partial charge in [0.05, 0.1) is 12.2 Å². The zero-order chi connectivity index (χ0) is 17.1. The molecule has 2 aromatic heterocycles. The molecule has 0 atom stereocenters. The molecule has 0 amide bonds. The number of aromatic nitrogens is 6. The summed E-state index contributed by atoms with van der Waals surface area (Å²) in [4.78, 5) is 4.39. The van der Waals surface area contributed by atoms with Gasteiger partial charge in [0.15, 0.2) is 5.82 Å². The fourth-order valence-corrected chi connectivity index (χ4v) is 3.43. The van der Waals surface area contributed by atoms with Crippen molar-refractivity contribution in [2.45, 2.75) is 50.7 Å². The van der Waals surface area contributed by atoms with Crippen molar-refractivity contribution in [3.8, 4) is 11.5 Å². The molecule has 2 heterocycles. The highest BCUT2D eigenvalue weighted by Gasteiger charge is 2.22. The first-order chi connectivity index (χ1) is 12.3. The van der Waals surface area contributed by atoms with E-state index in [2.05, 4.69) is 44.7 Å². The highest BCUT2D eigenvalue weighted by molar-refractivity contribution is 5.46. The number of hydrogen-bond donors (Lipinski definition) is 1. The summed E-state index contributed by atoms with van der Waals surface area (Å²) in [6.07, 6.45) is 8.70. The Morgan fingerprint density at radius 3 is 2.68 bits per heavy atom. The van der Waals surface area contributed by atoms with Crippen LogP contribution in [0.4, 0.5) is 0 Å². The highest BCUT2D eigenvalue weighted by Crippen LogP contribution is 2.27. The largest absolute Gasteiger partial charge is 0.328 e. The van der Waals surface area contributed by atoms with Crippen LogP contribution in [0.5, 0.6) is 0 Å². The lowest BCUT2D eigenvalue weighted by atomic mass is 9.92. The maximum atomic E-state index is 5.99. The van der Waals surface area contributed by atoms with Crippen LogP contribution in [0, 0.1) is 0 Å². The third kappa shape index (κ3) is 3.61. The number of rotatable bonds is 5. The van der Waals surface area contributed by atoms with Crippen LogP contribution in [0.25, 0.3) is 11.5 Å². The molecule has 130 valence electrons. The molecular weight excluding hydrogens is 314 g/mol. The maximum Gasteiger partial charge on any atom is 0.180 e. The lowest BCUT2D eigenvalue weighted by Gasteiger charge is -2.25. The van der Waals surface area contributed by atoms with Gasteiger partial charge in [-0.05, 0) is 37.7 Å². The summed E-state index contributed by atoms with van der Waals surface area (Å²) in [5.74, 6) is 0.773. The minimum Gasteiger partial charge on any atom is -0.328 e. The van der Waals surface area contributed by atoms with Crippen LogP contribution in [0.2, 0.25) is 0 Å². The van der Waals surface area contributed by atoms with Crippen molar-refractivity contribution in [2.24, 2.45) is 5.73 Å². The molecule has 0 unspecified atom stereocenters. The van der Waals surface area contributed by atoms with Gasteiger partial charge in [-0.15, -0.1) is 5.10 Å². The molecule has 0 bridgehead atoms. The van der Waals surface area contributed by atoms with Crippen molar-refractivity contribution < 1.29 is 0 Å². The molecule has 0 spiro atoms. The number of benzene rings is 1. The monoisotopic (exact) mass is 337 g/mol. The minimum atomic E-state index is 0.334. The third-order valence-electron chi connectivity index (χ3n) is 4.93. The number of nitrogens with two attached hydrogens (primary N) is 1. The Balaban J connectivity index is 1.47. The van der Waals surface area contributed by atoms with E-state index >= 15 is 0 Å². The maximum absolute atomic E-state index is 5.99. The van der Waals surface area contributed by atoms with Crippen molar-refractivity contribution in [1.82, 2.24) is 29.8 Å². The standard InChI is InChI=1S/C18H23N7/c19-15-6-8-16(9-7-15)25-12-17(22-23-25)18-20-13-21-24(18)11-10-14-4-2-1-3-5-14/h1-5,12-13,15-16H,6-11,19H2. The van der Waals surface area contributed by atoms with Gasteiger partial charge in [-0.25, -0.2) is 14.3 Å². The molecule has 25 heavy (non-hydrogen) atoms. The van der Waals surface area contributed by atoms with Gasteiger partial charge in [0.1, 0.15) is 12.0 Å². The van der Waals surface area contributed by atoms with E-state index in [0.29, 0.717) is 12.1 Å². The Morgan fingerprint density at radius 1 is 1.08 bits per heavy atom. The Hall–Kier alpha value is -2.54. The van der Waals surface area contributed by atoms with Gasteiger partial charge in [0.2, 0.25) is 0 Å². The smallest absolute Gasteiger partial charge is 0.180 e. The van der Waals surface area contributed by atoms with E-state index in [9.17, 15) is 0 Å². The van der Waals surface area contributed by atoms with Crippen LogP contribution in [0.1, 0.15) is 37.3 Å². The van der Waals surface area contributed by atoms with Crippen molar-refractivity contribution in [3.63, 3.8) is 0 Å². The fraction of sp³-hybridized carbons (Fsp3) is 0.444. The molecule has 4 rings (SSSR count). The Bertz CT molecular complexity index is 800. The summed E-state index contributed by atoms with van der Waals surface area (Å²) in [5.41, 5.74) is 8.05. The summed E-state index contributed by atoms with van der Waals surface area (Å²) >= 11 is 0. The lowest BCUT2D eigenvalue weighted by Crippen LogP contribution is -2.28. The zero-order valence-corrected chi connectivity index (χ0v) is 14.2. The van der Waals surface area contributed by atoms with E-state index in [1.165, 1.54) is 5.56 Å². The van der Waals surface area contributed by atoms with Crippen LogP contribution in [-0.4, -0.2) is 35.8 Å². The van der Waals surface area contributed by atoms with E-state index in [4.69, 9.17) is 5.73 Å². The average molecular weight is 337 g/mol. The quantitative estimate of drug-likeness (QED) is 0.771. The SMILES string of the molecule is NC1CCC(n2cc(-c3ncnn3CCc3ccccc3)nn2)CC1. The van der Waals surface area contributed by atoms with Gasteiger partial charge in [0, 0.05) is 12.6 Å². The van der Waals surface area contributed by atoms with E-state index in [1.54, 1.807) is 6.33 Å². The van der Waals surface area contributed by atoms with Gasteiger partial charge in [-0.1, -0.05) is 35.5 Å². The Labute approximate surface area is 146 Å². The fourth-order valence-electron chi connectivity index (χ4n) is 3.43. The highest BCUT2D eigenvalue weighted by atomic mass is 15.4. The molecule has 0 radical (unpaired) electrons. The molecule has 0 saturated heterocycles. The first-order valence-electron chi connectivity index (χ1n) is 8.89. The second-order valence-electron chi connectivity index (χ2n) is 6.69. The van der Waals surface area contributed by atoms with E-state index < -0.39 is 0 Å². The van der Waals surface area contributed by atoms with Gasteiger partial charge in [-0.2, -0.15) is 5.10 Å². The molecular formula is C18H23N7. The molecule has 1 aliphatic rings. The van der Waals surface area contributed by atoms with Crippen molar-refractivity contribution in [2.75, 3.05) is 0 Å². The average Bonchev–Trinajstić information content (AvgIpc) is 3.30. The summed E-state index contributed by atoms with van der Waals surface area (Å²) in [6.45, 7) is 0.768. The predicted molar refractivity (Wildman–Crippen MR) is 94.7 cm³/mol. The molecule has 1 aliphatic carbocycles. The summed E-state index contributed by atoms with van der Waals surface area (Å²) in [5, 5.41) is 13.0. The Kier molecular flexibility index (Phi) is 4.56. The van der Waals surface area contributed by atoms with Crippen molar-refractivity contribution >= 4 is 0 Å². The normalized spacial score (nSPS) is 20.7. The number of hydrogen-bond acceptors (Lipinski definition) is 5. The van der Waals surface area contributed by atoms with Gasteiger partial charge in [0.25, 0.3) is 0 Å². The van der Waals surface area contributed by atoms with Gasteiger partial charge >= 0.3 is 0 Å². The molecule has 7 heteroatoms. The summed E-state index contributed by atoms with van der Waals surface area (Å²) in [7, 11) is 0. The van der Waals surface area contributed by atoms with Crippen LogP contribution >= 0.6 is 0 Å². The molecule has 1 fully saturated rings. The van der Waals surface area contributed by atoms with Crippen molar-refractivity contribution in [3.05, 3.63) is 48.4 Å². The van der Waals surface area contributed by atoms with Gasteiger partial charge < -0.3 is 5.73 Å². The predicted octanol–water partition coefficient (Wildman–Crippen LogP) is 2.22. The minimum absolute atomic E-state index is 0.334. The molecule has 7 nitrogen and oxygen atoms in total. The molecule has 1 aromatic carbocycles. The van der Waals surface area contributed by atoms with Crippen LogP contribution in [-0.2, 0) is 13.0 Å². The number of nitrogens with zero attached hydrogens (tertiary/aromatic N) is 6. The van der Waals surface area contributed by atoms with Crippen LogP contribution in [0.3, 0.4) is 0 Å². The summed E-state index contributed by atoms with van der Waals surface area (Å²) < 4.78 is 3.87. The molecule has 3 aromatic rings. The second kappa shape index (κ2) is 7.14. The van der Waals surface area contributed by atoms with E-state index in [0.717, 1.165) is 50.2 Å². The molecule has 0 aliphatic heterocycles. The van der Waals surface area contributed by atoms with Crippen LogP contribution < -0.4 is 5.73 Å². The zero-order valence-electron chi connectivity index (χ0n) is 14.2. The van der Waals surface area contributed by atoms with Gasteiger partial charge in [-0.3, -0.25) is 0 Å². The van der Waals surface area contributed by atoms with Crippen LogP contribution in [0.15, 0.2) is 42.9 Å². The van der Waals surface area contributed by atoms with Crippen molar-refractivity contribution in [1.29, 1.82) is 0 Å². The Morgan fingerprint density at radius 2 is 1.88 bits per heavy atom. The summed E-state index contributed by atoms with van der Waals surface area (Å²) in [6, 6.07) is 11.1.